The van der Waals surface area contributed by atoms with Crippen LogP contribution in [-0.4, -0.2) is 67.7 Å². The Bertz CT molecular complexity index is 716. The van der Waals surface area contributed by atoms with Gasteiger partial charge in [0.1, 0.15) is 0 Å². The van der Waals surface area contributed by atoms with Crippen molar-refractivity contribution in [2.24, 2.45) is 10.9 Å². The number of nitrogens with zero attached hydrogens (tertiary/aromatic N) is 4. The van der Waals surface area contributed by atoms with Crippen molar-refractivity contribution in [1.82, 2.24) is 20.0 Å². The summed E-state index contributed by atoms with van der Waals surface area (Å²) in [6.45, 7) is 4.75. The topological polar surface area (TPSA) is 63.9 Å². The van der Waals surface area contributed by atoms with Crippen molar-refractivity contribution in [1.29, 1.82) is 0 Å². The van der Waals surface area contributed by atoms with E-state index in [1.807, 2.05) is 54.5 Å². The van der Waals surface area contributed by atoms with Gasteiger partial charge in [-0.2, -0.15) is 5.10 Å². The SMILES string of the molecule is CN=C(NCc1cnn(-c2ccccc2)c1)N1CCC(COCCOC)C1. The summed E-state index contributed by atoms with van der Waals surface area (Å²) in [6, 6.07) is 10.1. The number of aliphatic imine (C=N–C) groups is 1. The molecule has 1 saturated heterocycles. The lowest BCUT2D eigenvalue weighted by molar-refractivity contribution is 0.0536. The van der Waals surface area contributed by atoms with Gasteiger partial charge in [-0.05, 0) is 18.6 Å². The van der Waals surface area contributed by atoms with Crippen LogP contribution in [0.15, 0.2) is 47.7 Å². The third kappa shape index (κ3) is 5.55. The molecular formula is C20H29N5O2. The van der Waals surface area contributed by atoms with E-state index in [4.69, 9.17) is 9.47 Å². The number of methoxy groups -OCH3 is 1. The molecule has 1 aromatic heterocycles. The molecule has 0 radical (unpaired) electrons. The van der Waals surface area contributed by atoms with Crippen LogP contribution in [-0.2, 0) is 16.0 Å². The second kappa shape index (κ2) is 10.1. The maximum atomic E-state index is 5.67. The molecule has 0 bridgehead atoms. The highest BCUT2D eigenvalue weighted by Crippen LogP contribution is 2.17. The minimum Gasteiger partial charge on any atom is -0.382 e. The van der Waals surface area contributed by atoms with Crippen LogP contribution < -0.4 is 5.32 Å². The first-order valence-electron chi connectivity index (χ1n) is 9.41. The Labute approximate surface area is 161 Å². The van der Waals surface area contributed by atoms with Gasteiger partial charge in [0.2, 0.25) is 0 Å². The maximum absolute atomic E-state index is 5.67. The summed E-state index contributed by atoms with van der Waals surface area (Å²) >= 11 is 0. The number of hydrogen-bond donors (Lipinski definition) is 1. The number of rotatable bonds is 8. The van der Waals surface area contributed by atoms with E-state index in [1.165, 1.54) is 0 Å². The van der Waals surface area contributed by atoms with Crippen molar-refractivity contribution in [3.63, 3.8) is 0 Å². The average molecular weight is 371 g/mol. The molecule has 0 spiro atoms. The summed E-state index contributed by atoms with van der Waals surface area (Å²) in [5.74, 6) is 1.48. The maximum Gasteiger partial charge on any atom is 0.193 e. The Hall–Kier alpha value is -2.38. The molecule has 0 saturated carbocycles. The number of aromatic nitrogens is 2. The standard InChI is InChI=1S/C20H29N5O2/c1-21-20(24-9-8-17(14-24)16-27-11-10-26-2)22-12-18-13-23-25(15-18)19-6-4-3-5-7-19/h3-7,13,15,17H,8-12,14,16H2,1-2H3,(H,21,22). The average Bonchev–Trinajstić information content (AvgIpc) is 3.37. The molecule has 1 unspecified atom stereocenters. The molecule has 0 amide bonds. The summed E-state index contributed by atoms with van der Waals surface area (Å²) in [4.78, 5) is 6.74. The number of guanidine groups is 1. The number of para-hydroxylation sites is 1. The Morgan fingerprint density at radius 3 is 2.93 bits per heavy atom. The van der Waals surface area contributed by atoms with Crippen LogP contribution in [0.5, 0.6) is 0 Å². The largest absolute Gasteiger partial charge is 0.382 e. The molecule has 146 valence electrons. The molecule has 1 aliphatic rings. The van der Waals surface area contributed by atoms with Gasteiger partial charge in [-0.15, -0.1) is 0 Å². The van der Waals surface area contributed by atoms with Gasteiger partial charge < -0.3 is 19.7 Å². The summed E-state index contributed by atoms with van der Waals surface area (Å²) in [7, 11) is 3.53. The van der Waals surface area contributed by atoms with Gasteiger partial charge in [0, 0.05) is 51.5 Å². The van der Waals surface area contributed by atoms with E-state index in [9.17, 15) is 0 Å². The van der Waals surface area contributed by atoms with Crippen LogP contribution >= 0.6 is 0 Å². The summed E-state index contributed by atoms with van der Waals surface area (Å²) in [5, 5.41) is 7.90. The molecule has 27 heavy (non-hydrogen) atoms. The van der Waals surface area contributed by atoms with Crippen LogP contribution in [0.4, 0.5) is 0 Å². The molecule has 2 aromatic rings. The third-order valence-corrected chi connectivity index (χ3v) is 4.69. The van der Waals surface area contributed by atoms with Crippen molar-refractivity contribution < 1.29 is 9.47 Å². The summed E-state index contributed by atoms with van der Waals surface area (Å²) in [5.41, 5.74) is 2.18. The molecule has 7 nitrogen and oxygen atoms in total. The predicted octanol–water partition coefficient (Wildman–Crippen LogP) is 1.93. The molecule has 1 fully saturated rings. The third-order valence-electron chi connectivity index (χ3n) is 4.69. The van der Waals surface area contributed by atoms with Gasteiger partial charge in [0.25, 0.3) is 0 Å². The van der Waals surface area contributed by atoms with Crippen LogP contribution in [0.2, 0.25) is 0 Å². The van der Waals surface area contributed by atoms with Crippen molar-refractivity contribution in [3.8, 4) is 5.69 Å². The first-order valence-corrected chi connectivity index (χ1v) is 9.41. The molecule has 2 heterocycles. The molecule has 1 atom stereocenters. The fourth-order valence-electron chi connectivity index (χ4n) is 3.24. The number of hydrogen-bond acceptors (Lipinski definition) is 4. The lowest BCUT2D eigenvalue weighted by atomic mass is 10.1. The van der Waals surface area contributed by atoms with E-state index in [0.29, 0.717) is 25.7 Å². The molecule has 3 rings (SSSR count). The highest BCUT2D eigenvalue weighted by Gasteiger charge is 2.24. The van der Waals surface area contributed by atoms with Crippen molar-refractivity contribution in [2.45, 2.75) is 13.0 Å². The van der Waals surface area contributed by atoms with E-state index in [0.717, 1.165) is 43.3 Å². The van der Waals surface area contributed by atoms with Gasteiger partial charge in [0.15, 0.2) is 5.96 Å². The van der Waals surface area contributed by atoms with Crippen molar-refractivity contribution in [2.75, 3.05) is 47.1 Å². The molecule has 1 aliphatic heterocycles. The summed E-state index contributed by atoms with van der Waals surface area (Å²) in [6.07, 6.45) is 5.06. The lowest BCUT2D eigenvalue weighted by Gasteiger charge is -2.21. The van der Waals surface area contributed by atoms with E-state index in [-0.39, 0.29) is 0 Å². The van der Waals surface area contributed by atoms with Crippen molar-refractivity contribution in [3.05, 3.63) is 48.3 Å². The highest BCUT2D eigenvalue weighted by atomic mass is 16.5. The second-order valence-electron chi connectivity index (χ2n) is 6.70. The summed E-state index contributed by atoms with van der Waals surface area (Å²) < 4.78 is 12.6. The Morgan fingerprint density at radius 2 is 2.15 bits per heavy atom. The van der Waals surface area contributed by atoms with Crippen LogP contribution in [0, 0.1) is 5.92 Å². The van der Waals surface area contributed by atoms with Gasteiger partial charge in [-0.25, -0.2) is 4.68 Å². The van der Waals surface area contributed by atoms with Crippen LogP contribution in [0.1, 0.15) is 12.0 Å². The minimum absolute atomic E-state index is 0.543. The highest BCUT2D eigenvalue weighted by molar-refractivity contribution is 5.80. The number of nitrogens with one attached hydrogen (secondary N) is 1. The lowest BCUT2D eigenvalue weighted by Crippen LogP contribution is -2.39. The molecule has 7 heteroatoms. The second-order valence-corrected chi connectivity index (χ2v) is 6.70. The molecule has 1 N–H and O–H groups in total. The monoisotopic (exact) mass is 371 g/mol. The van der Waals surface area contributed by atoms with Gasteiger partial charge in [-0.3, -0.25) is 4.99 Å². The zero-order valence-corrected chi connectivity index (χ0v) is 16.2. The number of ether oxygens (including phenoxy) is 2. The number of benzene rings is 1. The predicted molar refractivity (Wildman–Crippen MR) is 106 cm³/mol. The van der Waals surface area contributed by atoms with E-state index >= 15 is 0 Å². The van der Waals surface area contributed by atoms with Crippen LogP contribution in [0.25, 0.3) is 5.69 Å². The zero-order valence-electron chi connectivity index (χ0n) is 16.2. The minimum atomic E-state index is 0.543. The van der Waals surface area contributed by atoms with Gasteiger partial charge in [-0.1, -0.05) is 18.2 Å². The first-order chi connectivity index (χ1) is 13.3. The van der Waals surface area contributed by atoms with Gasteiger partial charge in [0.05, 0.1) is 31.7 Å². The van der Waals surface area contributed by atoms with Crippen molar-refractivity contribution >= 4 is 5.96 Å². The smallest absolute Gasteiger partial charge is 0.193 e. The van der Waals surface area contributed by atoms with Gasteiger partial charge >= 0.3 is 0 Å². The first kappa shape index (κ1) is 19.4. The van der Waals surface area contributed by atoms with Crippen LogP contribution in [0.3, 0.4) is 0 Å². The molecule has 0 aliphatic carbocycles. The fraction of sp³-hybridized carbons (Fsp3) is 0.500. The Balaban J connectivity index is 1.47. The number of likely N-dealkylation sites (tertiary alicyclic amines) is 1. The fourth-order valence-corrected chi connectivity index (χ4v) is 3.24. The quantitative estimate of drug-likeness (QED) is 0.436. The normalized spacial score (nSPS) is 17.5. The molecular weight excluding hydrogens is 342 g/mol. The zero-order chi connectivity index (χ0) is 18.9. The Morgan fingerprint density at radius 1 is 1.30 bits per heavy atom. The van der Waals surface area contributed by atoms with E-state index < -0.39 is 0 Å². The van der Waals surface area contributed by atoms with E-state index in [1.54, 1.807) is 7.11 Å². The Kier molecular flexibility index (Phi) is 7.24. The molecule has 1 aromatic carbocycles. The van der Waals surface area contributed by atoms with E-state index in [2.05, 4.69) is 20.3 Å².